The fourth-order valence-electron chi connectivity index (χ4n) is 5.02. The number of rotatable bonds is 7. The molecule has 0 amide bonds. The molecule has 1 fully saturated rings. The molecule has 0 saturated carbocycles. The number of hydrogen-bond donors (Lipinski definition) is 1. The summed E-state index contributed by atoms with van der Waals surface area (Å²) in [5, 5.41) is 4.19. The molecule has 6 rings (SSSR count). The predicted octanol–water partition coefficient (Wildman–Crippen LogP) is 7.16. The first-order chi connectivity index (χ1) is 19.1. The Morgan fingerprint density at radius 2 is 1.51 bits per heavy atom. The molecule has 1 saturated heterocycles. The lowest BCUT2D eigenvalue weighted by Gasteiger charge is -2.29. The standard InChI is InChI=1S/C32H28N4O2S/c1-22-8-3-4-11-29(22)38-26-18-14-24(15-19-26)36-31(30(34-32(36)39)27-9-5-6-20-33-27)28-10-7-21-35(28)23-12-16-25(37-2)17-13-23/h3-21,30-31H,1-2H3,(H,34,39)/t30-,31-/m0/s1. The number of nitrogens with zero attached hydrogens (tertiary/aromatic N) is 3. The molecule has 6 nitrogen and oxygen atoms in total. The summed E-state index contributed by atoms with van der Waals surface area (Å²) in [6.07, 6.45) is 3.89. The van der Waals surface area contributed by atoms with Gasteiger partial charge >= 0.3 is 0 Å². The van der Waals surface area contributed by atoms with Crippen molar-refractivity contribution in [2.45, 2.75) is 19.0 Å². The molecule has 0 aliphatic carbocycles. The van der Waals surface area contributed by atoms with Crippen molar-refractivity contribution < 1.29 is 9.47 Å². The van der Waals surface area contributed by atoms with Gasteiger partial charge in [-0.3, -0.25) is 4.98 Å². The SMILES string of the molecule is COc1ccc(-n2cccc2[C@H]2[C@H](c3ccccn3)NC(=S)N2c2ccc(Oc3ccccc3C)cc2)cc1. The van der Waals surface area contributed by atoms with Gasteiger partial charge < -0.3 is 24.3 Å². The average Bonchev–Trinajstić information content (AvgIpc) is 3.59. The Morgan fingerprint density at radius 1 is 0.795 bits per heavy atom. The van der Waals surface area contributed by atoms with Crippen molar-refractivity contribution in [2.75, 3.05) is 12.0 Å². The molecule has 0 unspecified atom stereocenters. The van der Waals surface area contributed by atoms with Crippen molar-refractivity contribution in [1.29, 1.82) is 0 Å². The third-order valence-electron chi connectivity index (χ3n) is 6.97. The van der Waals surface area contributed by atoms with Crippen LogP contribution in [0.3, 0.4) is 0 Å². The summed E-state index contributed by atoms with van der Waals surface area (Å²) >= 11 is 5.93. The van der Waals surface area contributed by atoms with Crippen molar-refractivity contribution in [3.8, 4) is 22.9 Å². The van der Waals surface area contributed by atoms with E-state index in [1.54, 1.807) is 7.11 Å². The Labute approximate surface area is 233 Å². The van der Waals surface area contributed by atoms with Crippen LogP contribution < -0.4 is 19.7 Å². The quantitative estimate of drug-likeness (QED) is 0.225. The number of aryl methyl sites for hydroxylation is 1. The van der Waals surface area contributed by atoms with Crippen LogP contribution in [0.1, 0.15) is 29.0 Å². The highest BCUT2D eigenvalue weighted by molar-refractivity contribution is 7.80. The first-order valence-corrected chi connectivity index (χ1v) is 13.2. The predicted molar refractivity (Wildman–Crippen MR) is 158 cm³/mol. The minimum absolute atomic E-state index is 0.145. The second kappa shape index (κ2) is 10.6. The zero-order valence-corrected chi connectivity index (χ0v) is 22.5. The van der Waals surface area contributed by atoms with E-state index >= 15 is 0 Å². The van der Waals surface area contributed by atoms with Gasteiger partial charge in [0.25, 0.3) is 0 Å². The molecule has 39 heavy (non-hydrogen) atoms. The van der Waals surface area contributed by atoms with Crippen LogP contribution in [0.25, 0.3) is 5.69 Å². The van der Waals surface area contributed by atoms with E-state index in [9.17, 15) is 0 Å². The summed E-state index contributed by atoms with van der Waals surface area (Å²) < 4.78 is 13.7. The third kappa shape index (κ3) is 4.84. The molecule has 0 bridgehead atoms. The van der Waals surface area contributed by atoms with Gasteiger partial charge in [-0.25, -0.2) is 0 Å². The van der Waals surface area contributed by atoms with Crippen LogP contribution in [-0.2, 0) is 0 Å². The van der Waals surface area contributed by atoms with Gasteiger partial charge in [-0.2, -0.15) is 0 Å². The number of benzene rings is 3. The van der Waals surface area contributed by atoms with Crippen LogP contribution in [-0.4, -0.2) is 21.8 Å². The van der Waals surface area contributed by atoms with Crippen molar-refractivity contribution in [2.24, 2.45) is 0 Å². The Morgan fingerprint density at radius 3 is 2.23 bits per heavy atom. The van der Waals surface area contributed by atoms with Crippen molar-refractivity contribution >= 4 is 23.0 Å². The van der Waals surface area contributed by atoms with Gasteiger partial charge in [0.05, 0.1) is 18.8 Å². The van der Waals surface area contributed by atoms with Gasteiger partial charge in [0.2, 0.25) is 0 Å². The summed E-state index contributed by atoms with van der Waals surface area (Å²) in [6.45, 7) is 2.04. The normalized spacial score (nSPS) is 16.7. The minimum Gasteiger partial charge on any atom is -0.497 e. The topological polar surface area (TPSA) is 51.5 Å². The fraction of sp³-hybridized carbons (Fsp3) is 0.125. The molecule has 0 spiro atoms. The Kier molecular flexibility index (Phi) is 6.73. The Hall–Kier alpha value is -4.62. The molecule has 1 N–H and O–H groups in total. The molecule has 1 aliphatic heterocycles. The van der Waals surface area contributed by atoms with Gasteiger partial charge in [0, 0.05) is 29.5 Å². The number of para-hydroxylation sites is 1. The number of thiocarbonyl (C=S) groups is 1. The van der Waals surface area contributed by atoms with E-state index in [0.29, 0.717) is 5.11 Å². The molecule has 2 atom stereocenters. The zero-order chi connectivity index (χ0) is 26.8. The maximum atomic E-state index is 6.15. The summed E-state index contributed by atoms with van der Waals surface area (Å²) in [7, 11) is 1.67. The van der Waals surface area contributed by atoms with Crippen LogP contribution in [0.4, 0.5) is 5.69 Å². The number of anilines is 1. The highest BCUT2D eigenvalue weighted by Crippen LogP contribution is 2.42. The third-order valence-corrected chi connectivity index (χ3v) is 7.28. The van der Waals surface area contributed by atoms with Gasteiger partial charge in [0.1, 0.15) is 23.3 Å². The lowest BCUT2D eigenvalue weighted by molar-refractivity contribution is 0.414. The summed E-state index contributed by atoms with van der Waals surface area (Å²) in [5.41, 5.74) is 5.10. The van der Waals surface area contributed by atoms with E-state index in [2.05, 4.69) is 62.4 Å². The first kappa shape index (κ1) is 24.7. The molecule has 5 aromatic rings. The fourth-order valence-corrected chi connectivity index (χ4v) is 5.37. The van der Waals surface area contributed by atoms with Crippen molar-refractivity contribution in [3.05, 3.63) is 132 Å². The molecule has 1 aliphatic rings. The van der Waals surface area contributed by atoms with E-state index in [1.807, 2.05) is 79.9 Å². The molecule has 194 valence electrons. The lowest BCUT2D eigenvalue weighted by Crippen LogP contribution is -2.30. The van der Waals surface area contributed by atoms with Gasteiger partial charge in [0.15, 0.2) is 5.11 Å². The number of pyridine rings is 1. The lowest BCUT2D eigenvalue weighted by atomic mass is 10.0. The van der Waals surface area contributed by atoms with E-state index < -0.39 is 0 Å². The first-order valence-electron chi connectivity index (χ1n) is 12.8. The van der Waals surface area contributed by atoms with Gasteiger partial charge in [-0.15, -0.1) is 0 Å². The van der Waals surface area contributed by atoms with E-state index in [0.717, 1.165) is 45.6 Å². The number of ether oxygens (including phenoxy) is 2. The largest absolute Gasteiger partial charge is 0.497 e. The number of nitrogens with one attached hydrogen (secondary N) is 1. The van der Waals surface area contributed by atoms with Crippen LogP contribution in [0, 0.1) is 6.92 Å². The second-order valence-electron chi connectivity index (χ2n) is 9.36. The molecule has 2 aromatic heterocycles. The van der Waals surface area contributed by atoms with Gasteiger partial charge in [-0.05, 0) is 104 Å². The molecular weight excluding hydrogens is 504 g/mol. The van der Waals surface area contributed by atoms with Crippen LogP contribution in [0.15, 0.2) is 116 Å². The minimum atomic E-state index is -0.146. The maximum absolute atomic E-state index is 6.15. The number of hydrogen-bond acceptors (Lipinski definition) is 4. The van der Waals surface area contributed by atoms with Crippen molar-refractivity contribution in [1.82, 2.24) is 14.9 Å². The number of aromatic nitrogens is 2. The smallest absolute Gasteiger partial charge is 0.174 e. The highest BCUT2D eigenvalue weighted by Gasteiger charge is 2.42. The van der Waals surface area contributed by atoms with Crippen LogP contribution in [0.2, 0.25) is 0 Å². The van der Waals surface area contributed by atoms with E-state index in [4.69, 9.17) is 21.7 Å². The van der Waals surface area contributed by atoms with Gasteiger partial charge in [-0.1, -0.05) is 24.3 Å². The maximum Gasteiger partial charge on any atom is 0.174 e. The average molecular weight is 533 g/mol. The second-order valence-corrected chi connectivity index (χ2v) is 9.75. The Balaban J connectivity index is 1.39. The Bertz CT molecular complexity index is 1580. The number of methoxy groups -OCH3 is 1. The summed E-state index contributed by atoms with van der Waals surface area (Å²) in [6, 6.07) is 34.0. The van der Waals surface area contributed by atoms with Crippen molar-refractivity contribution in [3.63, 3.8) is 0 Å². The van der Waals surface area contributed by atoms with Crippen LogP contribution >= 0.6 is 12.2 Å². The molecule has 0 radical (unpaired) electrons. The van der Waals surface area contributed by atoms with Crippen LogP contribution in [0.5, 0.6) is 17.2 Å². The monoisotopic (exact) mass is 532 g/mol. The molecule has 7 heteroatoms. The summed E-state index contributed by atoms with van der Waals surface area (Å²) in [5.74, 6) is 2.43. The molecular formula is C32H28N4O2S. The zero-order valence-electron chi connectivity index (χ0n) is 21.7. The highest BCUT2D eigenvalue weighted by atomic mass is 32.1. The summed E-state index contributed by atoms with van der Waals surface area (Å²) in [4.78, 5) is 6.85. The van der Waals surface area contributed by atoms with E-state index in [-0.39, 0.29) is 12.1 Å². The van der Waals surface area contributed by atoms with E-state index in [1.165, 1.54) is 0 Å². The molecule has 3 aromatic carbocycles. The molecule has 3 heterocycles.